The molecule has 0 aliphatic carbocycles. The summed E-state index contributed by atoms with van der Waals surface area (Å²) in [5.41, 5.74) is 0.712. The SMILES string of the molecule is COc1cc(NCC(O)c2cccs2)ccc1F. The van der Waals surface area contributed by atoms with E-state index in [2.05, 4.69) is 5.32 Å². The van der Waals surface area contributed by atoms with Gasteiger partial charge >= 0.3 is 0 Å². The van der Waals surface area contributed by atoms with Crippen molar-refractivity contribution in [3.05, 3.63) is 46.4 Å². The molecule has 18 heavy (non-hydrogen) atoms. The Kier molecular flexibility index (Phi) is 4.17. The molecule has 0 amide bonds. The summed E-state index contributed by atoms with van der Waals surface area (Å²) in [7, 11) is 1.42. The highest BCUT2D eigenvalue weighted by molar-refractivity contribution is 7.10. The van der Waals surface area contributed by atoms with E-state index >= 15 is 0 Å². The fraction of sp³-hybridized carbons (Fsp3) is 0.231. The van der Waals surface area contributed by atoms with Crippen LogP contribution in [0.5, 0.6) is 5.75 Å². The molecule has 0 saturated heterocycles. The Morgan fingerprint density at radius 1 is 1.44 bits per heavy atom. The number of aliphatic hydroxyl groups is 1. The molecule has 1 unspecified atom stereocenters. The maximum Gasteiger partial charge on any atom is 0.165 e. The van der Waals surface area contributed by atoms with Crippen molar-refractivity contribution in [1.82, 2.24) is 0 Å². The van der Waals surface area contributed by atoms with E-state index in [0.717, 1.165) is 4.88 Å². The number of hydrogen-bond donors (Lipinski definition) is 2. The molecule has 3 nitrogen and oxygen atoms in total. The number of benzene rings is 1. The van der Waals surface area contributed by atoms with Crippen molar-refractivity contribution in [2.45, 2.75) is 6.10 Å². The maximum atomic E-state index is 13.2. The van der Waals surface area contributed by atoms with Crippen LogP contribution in [0.15, 0.2) is 35.7 Å². The quantitative estimate of drug-likeness (QED) is 0.875. The van der Waals surface area contributed by atoms with Crippen molar-refractivity contribution >= 4 is 17.0 Å². The predicted molar refractivity (Wildman–Crippen MR) is 70.7 cm³/mol. The van der Waals surface area contributed by atoms with Crippen molar-refractivity contribution in [1.29, 1.82) is 0 Å². The standard InChI is InChI=1S/C13H14FNO2S/c1-17-12-7-9(4-5-10(12)14)15-8-11(16)13-3-2-6-18-13/h2-7,11,15-16H,8H2,1H3. The minimum Gasteiger partial charge on any atom is -0.494 e. The second-order valence-electron chi connectivity index (χ2n) is 3.76. The largest absolute Gasteiger partial charge is 0.494 e. The molecule has 1 heterocycles. The molecule has 1 aromatic heterocycles. The van der Waals surface area contributed by atoms with Gasteiger partial charge in [0.2, 0.25) is 0 Å². The summed E-state index contributed by atoms with van der Waals surface area (Å²) in [6.07, 6.45) is -0.568. The van der Waals surface area contributed by atoms with E-state index in [1.165, 1.54) is 24.5 Å². The van der Waals surface area contributed by atoms with Crippen LogP contribution in [0.25, 0.3) is 0 Å². The first-order valence-electron chi connectivity index (χ1n) is 5.49. The zero-order valence-electron chi connectivity index (χ0n) is 9.89. The van der Waals surface area contributed by atoms with Gasteiger partial charge in [-0.25, -0.2) is 4.39 Å². The van der Waals surface area contributed by atoms with Gasteiger partial charge in [0.05, 0.1) is 7.11 Å². The van der Waals surface area contributed by atoms with E-state index in [9.17, 15) is 9.50 Å². The van der Waals surface area contributed by atoms with Crippen molar-refractivity contribution in [3.8, 4) is 5.75 Å². The molecular weight excluding hydrogens is 253 g/mol. The molecular formula is C13H14FNO2S. The monoisotopic (exact) mass is 267 g/mol. The Labute approximate surface area is 109 Å². The molecule has 0 fully saturated rings. The highest BCUT2D eigenvalue weighted by atomic mass is 32.1. The molecule has 1 aromatic carbocycles. The van der Waals surface area contributed by atoms with Gasteiger partial charge in [0.15, 0.2) is 11.6 Å². The molecule has 0 radical (unpaired) electrons. The lowest BCUT2D eigenvalue weighted by atomic mass is 10.2. The van der Waals surface area contributed by atoms with Crippen LogP contribution >= 0.6 is 11.3 Å². The molecule has 2 aromatic rings. The number of halogens is 1. The van der Waals surface area contributed by atoms with Crippen LogP contribution in [0.3, 0.4) is 0 Å². The fourth-order valence-electron chi connectivity index (χ4n) is 1.57. The summed E-state index contributed by atoms with van der Waals surface area (Å²) in [6, 6.07) is 8.28. The molecule has 96 valence electrons. The first-order valence-corrected chi connectivity index (χ1v) is 6.37. The van der Waals surface area contributed by atoms with Gasteiger partial charge in [0.1, 0.15) is 6.10 Å². The second-order valence-corrected chi connectivity index (χ2v) is 4.74. The molecule has 0 saturated carbocycles. The third-order valence-electron chi connectivity index (χ3n) is 2.52. The molecule has 0 bridgehead atoms. The molecule has 1 atom stereocenters. The second kappa shape index (κ2) is 5.84. The van der Waals surface area contributed by atoms with E-state index in [1.807, 2.05) is 17.5 Å². The van der Waals surface area contributed by atoms with Gasteiger partial charge < -0.3 is 15.2 Å². The van der Waals surface area contributed by atoms with Gasteiger partial charge in [0, 0.05) is 23.2 Å². The lowest BCUT2D eigenvalue weighted by molar-refractivity contribution is 0.195. The smallest absolute Gasteiger partial charge is 0.165 e. The third-order valence-corrected chi connectivity index (χ3v) is 3.50. The normalized spacial score (nSPS) is 12.2. The Hall–Kier alpha value is -1.59. The summed E-state index contributed by atoms with van der Waals surface area (Å²) in [5, 5.41) is 14.9. The van der Waals surface area contributed by atoms with Gasteiger partial charge in [-0.3, -0.25) is 0 Å². The van der Waals surface area contributed by atoms with Crippen molar-refractivity contribution in [2.75, 3.05) is 19.0 Å². The van der Waals surface area contributed by atoms with Crippen LogP contribution in [0.2, 0.25) is 0 Å². The van der Waals surface area contributed by atoms with Crippen LogP contribution in [-0.4, -0.2) is 18.8 Å². The van der Waals surface area contributed by atoms with Gasteiger partial charge in [-0.2, -0.15) is 0 Å². The van der Waals surface area contributed by atoms with Crippen molar-refractivity contribution < 1.29 is 14.2 Å². The predicted octanol–water partition coefficient (Wildman–Crippen LogP) is 3.04. The van der Waals surface area contributed by atoms with Gasteiger partial charge in [-0.15, -0.1) is 11.3 Å². The maximum absolute atomic E-state index is 13.2. The average Bonchev–Trinajstić information content (AvgIpc) is 2.91. The molecule has 0 aliphatic rings. The Bertz CT molecular complexity index is 502. The van der Waals surface area contributed by atoms with Gasteiger partial charge in [0.25, 0.3) is 0 Å². The molecule has 0 spiro atoms. The van der Waals surface area contributed by atoms with E-state index < -0.39 is 11.9 Å². The molecule has 5 heteroatoms. The molecule has 2 rings (SSSR count). The Morgan fingerprint density at radius 3 is 2.94 bits per heavy atom. The van der Waals surface area contributed by atoms with Crippen LogP contribution < -0.4 is 10.1 Å². The third kappa shape index (κ3) is 3.00. The number of hydrogen-bond acceptors (Lipinski definition) is 4. The summed E-state index contributed by atoms with van der Waals surface area (Å²) in [5.74, 6) is -0.215. The minimum atomic E-state index is -0.568. The highest BCUT2D eigenvalue weighted by Crippen LogP contribution is 2.23. The molecule has 2 N–H and O–H groups in total. The van der Waals surface area contributed by atoms with Crippen molar-refractivity contribution in [3.63, 3.8) is 0 Å². The van der Waals surface area contributed by atoms with Crippen LogP contribution in [0.1, 0.15) is 11.0 Å². The summed E-state index contributed by atoms with van der Waals surface area (Å²) in [6.45, 7) is 0.370. The molecule has 0 aliphatic heterocycles. The lowest BCUT2D eigenvalue weighted by Gasteiger charge is -2.12. The van der Waals surface area contributed by atoms with Crippen LogP contribution in [-0.2, 0) is 0 Å². The Balaban J connectivity index is 1.98. The van der Waals surface area contributed by atoms with E-state index in [0.29, 0.717) is 12.2 Å². The topological polar surface area (TPSA) is 41.5 Å². The number of nitrogens with one attached hydrogen (secondary N) is 1. The number of aliphatic hydroxyl groups excluding tert-OH is 1. The summed E-state index contributed by atoms with van der Waals surface area (Å²) in [4.78, 5) is 0.900. The summed E-state index contributed by atoms with van der Waals surface area (Å²) < 4.78 is 18.1. The van der Waals surface area contributed by atoms with Gasteiger partial charge in [-0.05, 0) is 23.6 Å². The van der Waals surface area contributed by atoms with E-state index in [1.54, 1.807) is 12.1 Å². The average molecular weight is 267 g/mol. The number of anilines is 1. The van der Waals surface area contributed by atoms with Crippen LogP contribution in [0.4, 0.5) is 10.1 Å². The minimum absolute atomic E-state index is 0.186. The summed E-state index contributed by atoms with van der Waals surface area (Å²) >= 11 is 1.50. The highest BCUT2D eigenvalue weighted by Gasteiger charge is 2.09. The number of rotatable bonds is 5. The lowest BCUT2D eigenvalue weighted by Crippen LogP contribution is -2.11. The van der Waals surface area contributed by atoms with E-state index in [4.69, 9.17) is 4.74 Å². The first-order chi connectivity index (χ1) is 8.70. The zero-order valence-corrected chi connectivity index (χ0v) is 10.7. The van der Waals surface area contributed by atoms with E-state index in [-0.39, 0.29) is 5.75 Å². The number of methoxy groups -OCH3 is 1. The van der Waals surface area contributed by atoms with Crippen LogP contribution in [0, 0.1) is 5.82 Å². The fourth-order valence-corrected chi connectivity index (χ4v) is 2.28. The number of thiophene rings is 1. The van der Waals surface area contributed by atoms with Gasteiger partial charge in [-0.1, -0.05) is 6.07 Å². The zero-order chi connectivity index (χ0) is 13.0. The first kappa shape index (κ1) is 12.9. The van der Waals surface area contributed by atoms with Crippen molar-refractivity contribution in [2.24, 2.45) is 0 Å². The number of ether oxygens (including phenoxy) is 1. The Morgan fingerprint density at radius 2 is 2.28 bits per heavy atom.